The lowest BCUT2D eigenvalue weighted by molar-refractivity contribution is -0.389. The van der Waals surface area contributed by atoms with Crippen LogP contribution < -0.4 is 10.6 Å². The van der Waals surface area contributed by atoms with Gasteiger partial charge in [-0.15, -0.1) is 0 Å². The van der Waals surface area contributed by atoms with Crippen molar-refractivity contribution >= 4 is 23.1 Å². The minimum atomic E-state index is -0.565. The predicted molar refractivity (Wildman–Crippen MR) is 85.1 cm³/mol. The Morgan fingerprint density at radius 2 is 2.26 bits per heavy atom. The van der Waals surface area contributed by atoms with E-state index in [-0.39, 0.29) is 18.3 Å². The monoisotopic (exact) mass is 315 g/mol. The number of carbonyl (C=O) groups is 1. The third kappa shape index (κ3) is 2.75. The largest absolute Gasteiger partial charge is 0.398 e. The highest BCUT2D eigenvalue weighted by Crippen LogP contribution is 2.31. The van der Waals surface area contributed by atoms with Gasteiger partial charge in [-0.05, 0) is 40.4 Å². The molecule has 1 aromatic carbocycles. The van der Waals surface area contributed by atoms with Crippen LogP contribution in [0.2, 0.25) is 0 Å². The van der Waals surface area contributed by atoms with Gasteiger partial charge in [0, 0.05) is 24.8 Å². The number of hydrogen-bond acceptors (Lipinski definition) is 5. The van der Waals surface area contributed by atoms with Crippen molar-refractivity contribution in [3.05, 3.63) is 45.9 Å². The molecule has 0 bridgehead atoms. The maximum atomic E-state index is 12.6. The van der Waals surface area contributed by atoms with Crippen molar-refractivity contribution in [2.45, 2.75) is 26.3 Å². The lowest BCUT2D eigenvalue weighted by Crippen LogP contribution is -2.38. The van der Waals surface area contributed by atoms with Crippen LogP contribution in [0.3, 0.4) is 0 Å². The summed E-state index contributed by atoms with van der Waals surface area (Å²) in [5.74, 6) is 0.0559. The second kappa shape index (κ2) is 5.71. The van der Waals surface area contributed by atoms with Crippen molar-refractivity contribution in [2.24, 2.45) is 0 Å². The van der Waals surface area contributed by atoms with Crippen LogP contribution in [0.4, 0.5) is 17.2 Å². The fourth-order valence-electron chi connectivity index (χ4n) is 2.88. The van der Waals surface area contributed by atoms with Crippen LogP contribution in [-0.4, -0.2) is 26.9 Å². The molecule has 1 aromatic heterocycles. The summed E-state index contributed by atoms with van der Waals surface area (Å²) in [4.78, 5) is 28.4. The Labute approximate surface area is 132 Å². The van der Waals surface area contributed by atoms with E-state index < -0.39 is 4.92 Å². The van der Waals surface area contributed by atoms with E-state index in [4.69, 9.17) is 5.73 Å². The number of rotatable bonds is 3. The van der Waals surface area contributed by atoms with Gasteiger partial charge in [0.2, 0.25) is 11.7 Å². The minimum absolute atomic E-state index is 0.0148. The number of nitrogens with two attached hydrogens (primary N) is 1. The van der Waals surface area contributed by atoms with Crippen LogP contribution in [0.1, 0.15) is 17.8 Å². The van der Waals surface area contributed by atoms with Crippen LogP contribution >= 0.6 is 0 Å². The Kier molecular flexibility index (Phi) is 3.73. The summed E-state index contributed by atoms with van der Waals surface area (Å²) in [5, 5.41) is 10.8. The summed E-state index contributed by atoms with van der Waals surface area (Å²) in [5.41, 5.74) is 8.49. The summed E-state index contributed by atoms with van der Waals surface area (Å²) >= 11 is 0. The number of fused-ring (bicyclic) bond motifs is 1. The number of benzene rings is 1. The lowest BCUT2D eigenvalue weighted by Gasteiger charge is -2.30. The molecule has 2 N–H and O–H groups in total. The van der Waals surface area contributed by atoms with Crippen molar-refractivity contribution in [1.29, 1.82) is 0 Å². The smallest absolute Gasteiger partial charge is 0.381 e. The van der Waals surface area contributed by atoms with Crippen LogP contribution in [0, 0.1) is 17.0 Å². The van der Waals surface area contributed by atoms with Gasteiger partial charge in [0.15, 0.2) is 0 Å². The SMILES string of the molecule is Cc1nc([N+](=O)[O-])cn1CC(=O)N1CCCc2c(N)cccc21. The number of aryl methyl sites for hydroxylation is 1. The number of carbonyl (C=O) groups excluding carboxylic acids is 1. The highest BCUT2D eigenvalue weighted by atomic mass is 16.6. The molecule has 1 aliphatic rings. The molecule has 0 radical (unpaired) electrons. The third-order valence-electron chi connectivity index (χ3n) is 4.04. The summed E-state index contributed by atoms with van der Waals surface area (Å²) in [6.07, 6.45) is 2.98. The molecule has 0 saturated carbocycles. The van der Waals surface area contributed by atoms with Gasteiger partial charge in [-0.1, -0.05) is 6.07 Å². The predicted octanol–water partition coefficient (Wildman–Crippen LogP) is 1.66. The number of nitro groups is 1. The lowest BCUT2D eigenvalue weighted by atomic mass is 10.00. The summed E-state index contributed by atoms with van der Waals surface area (Å²) < 4.78 is 1.50. The van der Waals surface area contributed by atoms with E-state index in [1.54, 1.807) is 11.8 Å². The van der Waals surface area contributed by atoms with Crippen molar-refractivity contribution in [2.75, 3.05) is 17.2 Å². The standard InChI is InChI=1S/C15H17N5O3/c1-10-17-14(20(22)23)8-18(10)9-15(21)19-7-3-4-11-12(16)5-2-6-13(11)19/h2,5-6,8H,3-4,7,9,16H2,1H3. The van der Waals surface area contributed by atoms with E-state index in [0.29, 0.717) is 18.1 Å². The number of hydrogen-bond donors (Lipinski definition) is 1. The zero-order chi connectivity index (χ0) is 16.6. The first-order chi connectivity index (χ1) is 11.0. The van der Waals surface area contributed by atoms with Crippen molar-refractivity contribution in [1.82, 2.24) is 9.55 Å². The molecule has 8 heteroatoms. The quantitative estimate of drug-likeness (QED) is 0.526. The normalized spacial score (nSPS) is 13.7. The van der Waals surface area contributed by atoms with Gasteiger partial charge in [0.1, 0.15) is 12.7 Å². The van der Waals surface area contributed by atoms with E-state index in [0.717, 1.165) is 24.1 Å². The first-order valence-electron chi connectivity index (χ1n) is 7.33. The van der Waals surface area contributed by atoms with Gasteiger partial charge in [-0.3, -0.25) is 9.36 Å². The van der Waals surface area contributed by atoms with E-state index in [2.05, 4.69) is 4.98 Å². The summed E-state index contributed by atoms with van der Waals surface area (Å²) in [7, 11) is 0. The fourth-order valence-corrected chi connectivity index (χ4v) is 2.88. The maximum Gasteiger partial charge on any atom is 0.381 e. The Bertz CT molecular complexity index is 783. The Morgan fingerprint density at radius 1 is 1.48 bits per heavy atom. The molecule has 2 heterocycles. The molecule has 1 aliphatic heterocycles. The average molecular weight is 315 g/mol. The Balaban J connectivity index is 1.85. The van der Waals surface area contributed by atoms with Crippen LogP contribution in [0.25, 0.3) is 0 Å². The molecular formula is C15H17N5O3. The van der Waals surface area contributed by atoms with Gasteiger partial charge in [0.05, 0.1) is 0 Å². The molecule has 8 nitrogen and oxygen atoms in total. The van der Waals surface area contributed by atoms with E-state index in [1.165, 1.54) is 10.8 Å². The number of nitrogen functional groups attached to an aromatic ring is 1. The third-order valence-corrected chi connectivity index (χ3v) is 4.04. The number of aromatic nitrogens is 2. The molecule has 0 saturated heterocycles. The molecule has 0 atom stereocenters. The minimum Gasteiger partial charge on any atom is -0.398 e. The topological polar surface area (TPSA) is 107 Å². The second-order valence-corrected chi connectivity index (χ2v) is 5.53. The fraction of sp³-hybridized carbons (Fsp3) is 0.333. The number of imidazole rings is 1. The van der Waals surface area contributed by atoms with Crippen LogP contribution in [0.5, 0.6) is 0 Å². The van der Waals surface area contributed by atoms with E-state index in [1.807, 2.05) is 18.2 Å². The van der Waals surface area contributed by atoms with Crippen LogP contribution in [-0.2, 0) is 17.8 Å². The zero-order valence-electron chi connectivity index (χ0n) is 12.7. The highest BCUT2D eigenvalue weighted by molar-refractivity contribution is 5.95. The molecule has 23 heavy (non-hydrogen) atoms. The van der Waals surface area contributed by atoms with Gasteiger partial charge in [0.25, 0.3) is 0 Å². The van der Waals surface area contributed by atoms with Gasteiger partial charge in [-0.25, -0.2) is 0 Å². The average Bonchev–Trinajstić information content (AvgIpc) is 2.88. The zero-order valence-corrected chi connectivity index (χ0v) is 12.7. The molecule has 0 aliphatic carbocycles. The Hall–Kier alpha value is -2.90. The molecular weight excluding hydrogens is 298 g/mol. The molecule has 120 valence electrons. The summed E-state index contributed by atoms with van der Waals surface area (Å²) in [6, 6.07) is 5.54. The molecule has 0 fully saturated rings. The van der Waals surface area contributed by atoms with Crippen molar-refractivity contribution < 1.29 is 9.72 Å². The van der Waals surface area contributed by atoms with Gasteiger partial charge < -0.3 is 20.7 Å². The molecule has 0 unspecified atom stereocenters. The highest BCUT2D eigenvalue weighted by Gasteiger charge is 2.25. The van der Waals surface area contributed by atoms with Gasteiger partial charge >= 0.3 is 5.82 Å². The first kappa shape index (κ1) is 15.0. The number of nitrogens with zero attached hydrogens (tertiary/aromatic N) is 4. The van der Waals surface area contributed by atoms with Crippen LogP contribution in [0.15, 0.2) is 24.4 Å². The maximum absolute atomic E-state index is 12.6. The molecule has 3 rings (SSSR count). The van der Waals surface area contributed by atoms with Gasteiger partial charge in [-0.2, -0.15) is 0 Å². The molecule has 0 spiro atoms. The molecule has 1 amide bonds. The summed E-state index contributed by atoms with van der Waals surface area (Å²) in [6.45, 7) is 2.27. The number of amides is 1. The van der Waals surface area contributed by atoms with E-state index >= 15 is 0 Å². The van der Waals surface area contributed by atoms with Crippen molar-refractivity contribution in [3.63, 3.8) is 0 Å². The van der Waals surface area contributed by atoms with Crippen molar-refractivity contribution in [3.8, 4) is 0 Å². The Morgan fingerprint density at radius 3 is 2.96 bits per heavy atom. The second-order valence-electron chi connectivity index (χ2n) is 5.53. The molecule has 2 aromatic rings. The van der Waals surface area contributed by atoms with E-state index in [9.17, 15) is 14.9 Å². The first-order valence-corrected chi connectivity index (χ1v) is 7.33. The number of anilines is 2.